The van der Waals surface area contributed by atoms with Crippen molar-refractivity contribution < 1.29 is 9.53 Å². The van der Waals surface area contributed by atoms with Gasteiger partial charge in [0.1, 0.15) is 5.75 Å². The lowest BCUT2D eigenvalue weighted by Gasteiger charge is -2.09. The minimum Gasteiger partial charge on any atom is -0.497 e. The van der Waals surface area contributed by atoms with Crippen molar-refractivity contribution >= 4 is 5.91 Å². The zero-order valence-corrected chi connectivity index (χ0v) is 11.5. The Morgan fingerprint density at radius 1 is 1.40 bits per heavy atom. The number of nitrogens with zero attached hydrogens (tertiary/aromatic N) is 1. The van der Waals surface area contributed by atoms with Gasteiger partial charge in [-0.2, -0.15) is 0 Å². The van der Waals surface area contributed by atoms with Crippen LogP contribution in [0.25, 0.3) is 11.3 Å². The van der Waals surface area contributed by atoms with E-state index in [-0.39, 0.29) is 0 Å². The Balaban J connectivity index is 2.56. The summed E-state index contributed by atoms with van der Waals surface area (Å²) in [6.07, 6.45) is 5.40. The Labute approximate surface area is 118 Å². The quantitative estimate of drug-likeness (QED) is 0.864. The van der Waals surface area contributed by atoms with Crippen LogP contribution in [0.1, 0.15) is 16.1 Å². The molecule has 0 aliphatic rings. The van der Waals surface area contributed by atoms with Crippen molar-refractivity contribution in [2.75, 3.05) is 7.11 Å². The molecule has 1 aromatic heterocycles. The van der Waals surface area contributed by atoms with Gasteiger partial charge in [-0.1, -0.05) is 5.92 Å². The third-order valence-corrected chi connectivity index (χ3v) is 3.27. The average Bonchev–Trinajstić information content (AvgIpc) is 2.77. The van der Waals surface area contributed by atoms with E-state index in [4.69, 9.17) is 16.9 Å². The highest BCUT2D eigenvalue weighted by molar-refractivity contribution is 5.95. The molecule has 1 amide bonds. The van der Waals surface area contributed by atoms with Gasteiger partial charge in [0.15, 0.2) is 0 Å². The number of terminal acetylenes is 1. The van der Waals surface area contributed by atoms with Gasteiger partial charge >= 0.3 is 0 Å². The monoisotopic (exact) mass is 268 g/mol. The maximum absolute atomic E-state index is 11.5. The van der Waals surface area contributed by atoms with Crippen LogP contribution in [0, 0.1) is 19.3 Å². The van der Waals surface area contributed by atoms with Crippen LogP contribution in [0.15, 0.2) is 30.3 Å². The van der Waals surface area contributed by atoms with Crippen LogP contribution < -0.4 is 10.5 Å². The van der Waals surface area contributed by atoms with E-state index < -0.39 is 5.91 Å². The number of carbonyl (C=O) groups excluding carboxylic acids is 1. The molecule has 0 aliphatic heterocycles. The Morgan fingerprint density at radius 3 is 2.55 bits per heavy atom. The van der Waals surface area contributed by atoms with Gasteiger partial charge in [0.25, 0.3) is 5.91 Å². The van der Waals surface area contributed by atoms with Gasteiger partial charge in [0, 0.05) is 11.4 Å². The first-order valence-corrected chi connectivity index (χ1v) is 6.16. The van der Waals surface area contributed by atoms with Gasteiger partial charge in [-0.05, 0) is 42.8 Å². The second kappa shape index (κ2) is 5.54. The van der Waals surface area contributed by atoms with Gasteiger partial charge in [0.05, 0.1) is 19.2 Å². The Kier molecular flexibility index (Phi) is 3.81. The molecule has 1 aromatic carbocycles. The lowest BCUT2D eigenvalue weighted by Crippen LogP contribution is -2.12. The van der Waals surface area contributed by atoms with Crippen molar-refractivity contribution in [3.8, 4) is 29.4 Å². The number of hydrogen-bond acceptors (Lipinski definition) is 2. The molecule has 4 heteroatoms. The average molecular weight is 268 g/mol. The highest BCUT2D eigenvalue weighted by Gasteiger charge is 2.16. The molecule has 2 rings (SSSR count). The molecule has 0 aliphatic carbocycles. The summed E-state index contributed by atoms with van der Waals surface area (Å²) < 4.78 is 7.04. The molecular formula is C16H16N2O2. The fourth-order valence-corrected chi connectivity index (χ4v) is 2.19. The van der Waals surface area contributed by atoms with Crippen LogP contribution >= 0.6 is 0 Å². The SMILES string of the molecule is C#CCn1c(-c2ccc(OC)cc2)cc(C(N)=O)c1C. The summed E-state index contributed by atoms with van der Waals surface area (Å²) in [6, 6.07) is 9.34. The fraction of sp³-hybridized carbons (Fsp3) is 0.188. The zero-order valence-electron chi connectivity index (χ0n) is 11.5. The molecule has 0 fully saturated rings. The summed E-state index contributed by atoms with van der Waals surface area (Å²) in [6.45, 7) is 2.23. The van der Waals surface area contributed by atoms with E-state index in [0.717, 1.165) is 22.7 Å². The maximum Gasteiger partial charge on any atom is 0.250 e. The van der Waals surface area contributed by atoms with Crippen LogP contribution in [-0.2, 0) is 6.54 Å². The molecule has 0 unspecified atom stereocenters. The highest BCUT2D eigenvalue weighted by Crippen LogP contribution is 2.27. The molecule has 1 heterocycles. The smallest absolute Gasteiger partial charge is 0.250 e. The van der Waals surface area contributed by atoms with E-state index >= 15 is 0 Å². The topological polar surface area (TPSA) is 57.2 Å². The second-order valence-corrected chi connectivity index (χ2v) is 4.41. The van der Waals surface area contributed by atoms with Crippen LogP contribution in [0.2, 0.25) is 0 Å². The predicted octanol–water partition coefficient (Wildman–Crippen LogP) is 2.20. The normalized spacial score (nSPS) is 10.1. The van der Waals surface area contributed by atoms with E-state index in [1.54, 1.807) is 13.2 Å². The standard InChI is InChI=1S/C16H16N2O2/c1-4-9-18-11(2)14(16(17)19)10-15(18)12-5-7-13(20-3)8-6-12/h1,5-8,10H,9H2,2-3H3,(H2,17,19). The summed E-state index contributed by atoms with van der Waals surface area (Å²) in [4.78, 5) is 11.5. The molecule has 0 radical (unpaired) electrons. The van der Waals surface area contributed by atoms with Crippen molar-refractivity contribution in [2.45, 2.75) is 13.5 Å². The molecular weight excluding hydrogens is 252 g/mol. The van der Waals surface area contributed by atoms with E-state index in [1.165, 1.54) is 0 Å². The molecule has 0 spiro atoms. The Morgan fingerprint density at radius 2 is 2.05 bits per heavy atom. The van der Waals surface area contributed by atoms with Gasteiger partial charge in [-0.3, -0.25) is 4.79 Å². The van der Waals surface area contributed by atoms with Crippen LogP contribution in [0.3, 0.4) is 0 Å². The Hall–Kier alpha value is -2.67. The number of benzene rings is 1. The number of methoxy groups -OCH3 is 1. The van der Waals surface area contributed by atoms with E-state index in [1.807, 2.05) is 35.8 Å². The number of nitrogens with two attached hydrogens (primary N) is 1. The molecule has 0 bridgehead atoms. The number of carbonyl (C=O) groups is 1. The summed E-state index contributed by atoms with van der Waals surface area (Å²) >= 11 is 0. The minimum atomic E-state index is -0.451. The number of primary amides is 1. The lowest BCUT2D eigenvalue weighted by atomic mass is 10.1. The van der Waals surface area contributed by atoms with E-state index in [9.17, 15) is 4.79 Å². The predicted molar refractivity (Wildman–Crippen MR) is 78.5 cm³/mol. The highest BCUT2D eigenvalue weighted by atomic mass is 16.5. The zero-order chi connectivity index (χ0) is 14.7. The third kappa shape index (κ3) is 2.39. The minimum absolute atomic E-state index is 0.389. The summed E-state index contributed by atoms with van der Waals surface area (Å²) in [5, 5.41) is 0. The molecule has 0 atom stereocenters. The van der Waals surface area contributed by atoms with Crippen LogP contribution in [-0.4, -0.2) is 17.6 Å². The van der Waals surface area contributed by atoms with Crippen molar-refractivity contribution in [2.24, 2.45) is 5.73 Å². The first kappa shape index (κ1) is 13.8. The molecule has 0 saturated heterocycles. The summed E-state index contributed by atoms with van der Waals surface area (Å²) in [7, 11) is 1.62. The van der Waals surface area contributed by atoms with Crippen LogP contribution in [0.5, 0.6) is 5.75 Å². The van der Waals surface area contributed by atoms with Crippen molar-refractivity contribution in [3.05, 3.63) is 41.6 Å². The largest absolute Gasteiger partial charge is 0.497 e. The second-order valence-electron chi connectivity index (χ2n) is 4.41. The van der Waals surface area contributed by atoms with Crippen molar-refractivity contribution in [1.82, 2.24) is 4.57 Å². The van der Waals surface area contributed by atoms with Crippen molar-refractivity contribution in [1.29, 1.82) is 0 Å². The van der Waals surface area contributed by atoms with E-state index in [0.29, 0.717) is 12.1 Å². The number of rotatable bonds is 4. The molecule has 102 valence electrons. The first-order valence-electron chi connectivity index (χ1n) is 6.16. The molecule has 4 nitrogen and oxygen atoms in total. The van der Waals surface area contributed by atoms with Crippen LogP contribution in [0.4, 0.5) is 0 Å². The number of amides is 1. The molecule has 2 N–H and O–H groups in total. The fourth-order valence-electron chi connectivity index (χ4n) is 2.19. The lowest BCUT2D eigenvalue weighted by molar-refractivity contribution is 0.0999. The number of aromatic nitrogens is 1. The van der Waals surface area contributed by atoms with Gasteiger partial charge in [0.2, 0.25) is 0 Å². The maximum atomic E-state index is 11.5. The molecule has 0 saturated carbocycles. The first-order chi connectivity index (χ1) is 9.58. The molecule has 20 heavy (non-hydrogen) atoms. The number of hydrogen-bond donors (Lipinski definition) is 1. The summed E-state index contributed by atoms with van der Waals surface area (Å²) in [5.74, 6) is 2.92. The van der Waals surface area contributed by atoms with Gasteiger partial charge in [-0.15, -0.1) is 6.42 Å². The molecule has 2 aromatic rings. The van der Waals surface area contributed by atoms with Crippen molar-refractivity contribution in [3.63, 3.8) is 0 Å². The number of ether oxygens (including phenoxy) is 1. The third-order valence-electron chi connectivity index (χ3n) is 3.27. The summed E-state index contributed by atoms with van der Waals surface area (Å²) in [5.41, 5.74) is 8.49. The Bertz CT molecular complexity index is 676. The van der Waals surface area contributed by atoms with E-state index in [2.05, 4.69) is 5.92 Å². The van der Waals surface area contributed by atoms with Gasteiger partial charge in [-0.25, -0.2) is 0 Å². The van der Waals surface area contributed by atoms with Gasteiger partial charge < -0.3 is 15.0 Å².